The van der Waals surface area contributed by atoms with Crippen molar-refractivity contribution in [3.63, 3.8) is 0 Å². The molecule has 0 saturated heterocycles. The molecule has 0 fully saturated rings. The summed E-state index contributed by atoms with van der Waals surface area (Å²) in [6.07, 6.45) is 1.10. The van der Waals surface area contributed by atoms with E-state index in [-0.39, 0.29) is 0 Å². The van der Waals surface area contributed by atoms with Gasteiger partial charge in [-0.2, -0.15) is 0 Å². The molecular formula is C10H18N4S. The number of rotatable bonds is 4. The lowest BCUT2D eigenvalue weighted by Crippen LogP contribution is -2.37. The number of aryl methyl sites for hydroxylation is 1. The van der Waals surface area contributed by atoms with Crippen molar-refractivity contribution in [3.8, 4) is 0 Å². The smallest absolute Gasteiger partial charge is 0.191 e. The Labute approximate surface area is 94.8 Å². The highest BCUT2D eigenvalue weighted by Gasteiger charge is 2.02. The summed E-state index contributed by atoms with van der Waals surface area (Å²) in [5.74, 6) is 0.852. The van der Waals surface area contributed by atoms with Crippen LogP contribution in [0, 0.1) is 6.92 Å². The highest BCUT2D eigenvalue weighted by molar-refractivity contribution is 7.09. The van der Waals surface area contributed by atoms with E-state index in [9.17, 15) is 0 Å². The fourth-order valence-corrected chi connectivity index (χ4v) is 1.84. The van der Waals surface area contributed by atoms with Crippen molar-refractivity contribution in [2.45, 2.75) is 26.8 Å². The Morgan fingerprint density at radius 3 is 2.87 bits per heavy atom. The molecule has 1 aromatic heterocycles. The molecule has 0 aliphatic carbocycles. The number of aromatic nitrogens is 1. The molecule has 2 N–H and O–H groups in total. The predicted octanol–water partition coefficient (Wildman–Crippen LogP) is 1.53. The first-order valence-corrected chi connectivity index (χ1v) is 5.99. The van der Waals surface area contributed by atoms with Crippen LogP contribution in [0.4, 0.5) is 0 Å². The zero-order chi connectivity index (χ0) is 11.1. The average Bonchev–Trinajstić information content (AvgIpc) is 2.65. The van der Waals surface area contributed by atoms with Gasteiger partial charge in [0.25, 0.3) is 0 Å². The van der Waals surface area contributed by atoms with Crippen LogP contribution < -0.4 is 10.6 Å². The molecule has 4 nitrogen and oxygen atoms in total. The van der Waals surface area contributed by atoms with E-state index in [4.69, 9.17) is 0 Å². The van der Waals surface area contributed by atoms with E-state index in [0.717, 1.165) is 31.2 Å². The predicted molar refractivity (Wildman–Crippen MR) is 65.3 cm³/mol. The molecular weight excluding hydrogens is 208 g/mol. The van der Waals surface area contributed by atoms with Crippen molar-refractivity contribution in [2.75, 3.05) is 13.6 Å². The minimum atomic E-state index is 0.792. The molecule has 0 amide bonds. The van der Waals surface area contributed by atoms with Gasteiger partial charge in [-0.1, -0.05) is 6.92 Å². The van der Waals surface area contributed by atoms with Crippen LogP contribution in [0.15, 0.2) is 10.5 Å². The third kappa shape index (κ3) is 3.87. The molecule has 84 valence electrons. The number of thiazole rings is 1. The van der Waals surface area contributed by atoms with Gasteiger partial charge in [-0.05, 0) is 13.3 Å². The first-order chi connectivity index (χ1) is 7.27. The summed E-state index contributed by atoms with van der Waals surface area (Å²) >= 11 is 1.67. The van der Waals surface area contributed by atoms with E-state index < -0.39 is 0 Å². The number of guanidine groups is 1. The molecule has 0 spiro atoms. The van der Waals surface area contributed by atoms with Crippen LogP contribution in [0.3, 0.4) is 0 Å². The fraction of sp³-hybridized carbons (Fsp3) is 0.600. The van der Waals surface area contributed by atoms with Crippen molar-refractivity contribution >= 4 is 17.3 Å². The van der Waals surface area contributed by atoms with Crippen LogP contribution >= 0.6 is 11.3 Å². The molecule has 0 bridgehead atoms. The summed E-state index contributed by atoms with van der Waals surface area (Å²) in [4.78, 5) is 9.59. The van der Waals surface area contributed by atoms with Crippen LogP contribution in [0.1, 0.15) is 23.9 Å². The Balaban J connectivity index is 2.38. The quantitative estimate of drug-likeness (QED) is 0.604. The van der Waals surface area contributed by atoms with Crippen LogP contribution in [0.5, 0.6) is 0 Å². The topological polar surface area (TPSA) is 49.3 Å². The lowest BCUT2D eigenvalue weighted by atomic mass is 10.4. The first kappa shape index (κ1) is 12.0. The summed E-state index contributed by atoms with van der Waals surface area (Å²) in [6, 6.07) is 0. The summed E-state index contributed by atoms with van der Waals surface area (Å²) in [5, 5.41) is 6.48. The van der Waals surface area contributed by atoms with E-state index in [0.29, 0.717) is 0 Å². The number of hydrogen-bond acceptors (Lipinski definition) is 3. The molecule has 0 atom stereocenters. The van der Waals surface area contributed by atoms with Crippen molar-refractivity contribution in [1.82, 2.24) is 15.6 Å². The Hall–Kier alpha value is -1.10. The molecule has 0 radical (unpaired) electrons. The normalized spacial score (nSPS) is 11.5. The standard InChI is InChI=1S/C10H18N4S/c1-4-5-12-10(11-3)13-6-9-8(2)14-7-15-9/h7H,4-6H2,1-3H3,(H2,11,12,13). The molecule has 0 aromatic carbocycles. The number of nitrogens with zero attached hydrogens (tertiary/aromatic N) is 2. The van der Waals surface area contributed by atoms with Crippen LogP contribution in [0.2, 0.25) is 0 Å². The second-order valence-corrected chi connectivity index (χ2v) is 4.15. The Morgan fingerprint density at radius 1 is 1.53 bits per heavy atom. The summed E-state index contributed by atoms with van der Waals surface area (Å²) in [7, 11) is 1.78. The van der Waals surface area contributed by atoms with Gasteiger partial charge in [0.15, 0.2) is 5.96 Å². The summed E-state index contributed by atoms with van der Waals surface area (Å²) in [5.41, 5.74) is 2.97. The highest BCUT2D eigenvalue weighted by atomic mass is 32.1. The van der Waals surface area contributed by atoms with E-state index in [1.807, 2.05) is 12.4 Å². The second-order valence-electron chi connectivity index (χ2n) is 3.21. The Kier molecular flexibility index (Phi) is 5.10. The van der Waals surface area contributed by atoms with Gasteiger partial charge in [0.2, 0.25) is 0 Å². The van der Waals surface area contributed by atoms with Crippen molar-refractivity contribution in [2.24, 2.45) is 4.99 Å². The lowest BCUT2D eigenvalue weighted by Gasteiger charge is -2.10. The number of aliphatic imine (C=N–C) groups is 1. The van der Waals surface area contributed by atoms with E-state index >= 15 is 0 Å². The van der Waals surface area contributed by atoms with Gasteiger partial charge < -0.3 is 10.6 Å². The lowest BCUT2D eigenvalue weighted by molar-refractivity contribution is 0.783. The van der Waals surface area contributed by atoms with Gasteiger partial charge in [0.05, 0.1) is 17.7 Å². The molecule has 0 saturated carbocycles. The van der Waals surface area contributed by atoms with Crippen molar-refractivity contribution in [3.05, 3.63) is 16.1 Å². The third-order valence-electron chi connectivity index (χ3n) is 2.03. The molecule has 5 heteroatoms. The zero-order valence-electron chi connectivity index (χ0n) is 9.50. The average molecular weight is 226 g/mol. The molecule has 1 heterocycles. The third-order valence-corrected chi connectivity index (χ3v) is 2.96. The molecule has 0 aliphatic rings. The Bertz CT molecular complexity index is 319. The second kappa shape index (κ2) is 6.40. The highest BCUT2D eigenvalue weighted by Crippen LogP contribution is 2.10. The van der Waals surface area contributed by atoms with Crippen LogP contribution in [-0.4, -0.2) is 24.5 Å². The summed E-state index contributed by atoms with van der Waals surface area (Å²) in [6.45, 7) is 5.89. The maximum absolute atomic E-state index is 4.20. The van der Waals surface area contributed by atoms with Gasteiger partial charge in [0.1, 0.15) is 0 Å². The van der Waals surface area contributed by atoms with Crippen molar-refractivity contribution in [1.29, 1.82) is 0 Å². The molecule has 15 heavy (non-hydrogen) atoms. The number of hydrogen-bond donors (Lipinski definition) is 2. The molecule has 0 aliphatic heterocycles. The molecule has 1 aromatic rings. The van der Waals surface area contributed by atoms with E-state index in [2.05, 4.69) is 27.5 Å². The number of nitrogens with one attached hydrogen (secondary N) is 2. The van der Waals surface area contributed by atoms with Gasteiger partial charge >= 0.3 is 0 Å². The SMILES string of the molecule is CCCNC(=NC)NCc1scnc1C. The summed E-state index contributed by atoms with van der Waals surface area (Å²) < 4.78 is 0. The first-order valence-electron chi connectivity index (χ1n) is 5.11. The fourth-order valence-electron chi connectivity index (χ4n) is 1.12. The van der Waals surface area contributed by atoms with Gasteiger partial charge in [-0.25, -0.2) is 4.98 Å². The van der Waals surface area contributed by atoms with Gasteiger partial charge in [0, 0.05) is 18.5 Å². The monoisotopic (exact) mass is 226 g/mol. The molecule has 1 rings (SSSR count). The largest absolute Gasteiger partial charge is 0.356 e. The minimum absolute atomic E-state index is 0.792. The molecule has 0 unspecified atom stereocenters. The van der Waals surface area contributed by atoms with Crippen LogP contribution in [0.25, 0.3) is 0 Å². The minimum Gasteiger partial charge on any atom is -0.356 e. The van der Waals surface area contributed by atoms with Gasteiger partial charge in [-0.15, -0.1) is 11.3 Å². The zero-order valence-corrected chi connectivity index (χ0v) is 10.3. The van der Waals surface area contributed by atoms with Crippen molar-refractivity contribution < 1.29 is 0 Å². The maximum Gasteiger partial charge on any atom is 0.191 e. The van der Waals surface area contributed by atoms with E-state index in [1.165, 1.54) is 4.88 Å². The van der Waals surface area contributed by atoms with Crippen LogP contribution in [-0.2, 0) is 6.54 Å². The van der Waals surface area contributed by atoms with Gasteiger partial charge in [-0.3, -0.25) is 4.99 Å². The Morgan fingerprint density at radius 2 is 2.33 bits per heavy atom. The maximum atomic E-state index is 4.20. The van der Waals surface area contributed by atoms with E-state index in [1.54, 1.807) is 18.4 Å².